The number of rotatable bonds is 3. The smallest absolute Gasteiger partial charge is 0.251 e. The highest BCUT2D eigenvalue weighted by atomic mass is 79.9. The molecule has 2 N–H and O–H groups in total. The van der Waals surface area contributed by atoms with Crippen LogP contribution in [0.25, 0.3) is 0 Å². The Bertz CT molecular complexity index is 476. The molecule has 6 heteroatoms. The summed E-state index contributed by atoms with van der Waals surface area (Å²) in [5.74, 6) is -0.499. The minimum atomic E-state index is -0.305. The second kappa shape index (κ2) is 6.52. The van der Waals surface area contributed by atoms with Gasteiger partial charge in [-0.25, -0.2) is 0 Å². The Labute approximate surface area is 129 Å². The summed E-state index contributed by atoms with van der Waals surface area (Å²) in [7, 11) is 0. The summed E-state index contributed by atoms with van der Waals surface area (Å²) in [6.07, 6.45) is 0. The molecule has 2 amide bonds. The standard InChI is InChI=1S/C13H16Br2N2O2/c1-13(2,3)17-11(18)7-16-12(19)8-4-9(14)6-10(15)5-8/h4-6H,7H2,1-3H3,(H,16,19)(H,17,18). The largest absolute Gasteiger partial charge is 0.350 e. The van der Waals surface area contributed by atoms with E-state index in [9.17, 15) is 9.59 Å². The van der Waals surface area contributed by atoms with Crippen LogP contribution < -0.4 is 10.6 Å². The Morgan fingerprint density at radius 1 is 1.11 bits per heavy atom. The van der Waals surface area contributed by atoms with Gasteiger partial charge in [-0.05, 0) is 39.0 Å². The van der Waals surface area contributed by atoms with Gasteiger partial charge in [0.05, 0.1) is 6.54 Å². The molecule has 1 rings (SSSR count). The van der Waals surface area contributed by atoms with Crippen LogP contribution in [0.15, 0.2) is 27.1 Å². The molecule has 1 aromatic rings. The molecule has 0 unspecified atom stereocenters. The van der Waals surface area contributed by atoms with Gasteiger partial charge in [-0.3, -0.25) is 9.59 Å². The number of nitrogens with one attached hydrogen (secondary N) is 2. The quantitative estimate of drug-likeness (QED) is 0.832. The van der Waals surface area contributed by atoms with Crippen LogP contribution in [0.2, 0.25) is 0 Å². The van der Waals surface area contributed by atoms with Gasteiger partial charge >= 0.3 is 0 Å². The third kappa shape index (κ3) is 6.20. The lowest BCUT2D eigenvalue weighted by Gasteiger charge is -2.20. The zero-order valence-corrected chi connectivity index (χ0v) is 14.2. The van der Waals surface area contributed by atoms with Crippen LogP contribution in [0.3, 0.4) is 0 Å². The fourth-order valence-corrected chi connectivity index (χ4v) is 2.70. The topological polar surface area (TPSA) is 58.2 Å². The molecule has 0 aliphatic carbocycles. The van der Waals surface area contributed by atoms with Gasteiger partial charge in [0.1, 0.15) is 0 Å². The van der Waals surface area contributed by atoms with Gasteiger partial charge in [0, 0.05) is 20.0 Å². The molecule has 0 bridgehead atoms. The van der Waals surface area contributed by atoms with E-state index in [1.165, 1.54) is 0 Å². The third-order valence-electron chi connectivity index (χ3n) is 2.05. The number of hydrogen-bond donors (Lipinski definition) is 2. The molecule has 0 fully saturated rings. The van der Waals surface area contributed by atoms with Crippen LogP contribution in [0.5, 0.6) is 0 Å². The van der Waals surface area contributed by atoms with E-state index >= 15 is 0 Å². The maximum Gasteiger partial charge on any atom is 0.251 e. The van der Waals surface area contributed by atoms with Gasteiger partial charge in [-0.1, -0.05) is 31.9 Å². The van der Waals surface area contributed by atoms with Crippen molar-refractivity contribution >= 4 is 43.7 Å². The van der Waals surface area contributed by atoms with E-state index < -0.39 is 0 Å². The number of benzene rings is 1. The number of amides is 2. The van der Waals surface area contributed by atoms with Crippen molar-refractivity contribution in [3.05, 3.63) is 32.7 Å². The molecule has 0 aliphatic rings. The molecule has 104 valence electrons. The Balaban J connectivity index is 2.58. The molecule has 0 heterocycles. The Kier molecular flexibility index (Phi) is 5.55. The van der Waals surface area contributed by atoms with Crippen LogP contribution in [0.1, 0.15) is 31.1 Å². The Morgan fingerprint density at radius 2 is 1.63 bits per heavy atom. The number of halogens is 2. The van der Waals surface area contributed by atoms with E-state index in [1.807, 2.05) is 26.8 Å². The van der Waals surface area contributed by atoms with E-state index in [2.05, 4.69) is 42.5 Å². The first-order valence-corrected chi connectivity index (χ1v) is 7.31. The molecular formula is C13H16Br2N2O2. The summed E-state index contributed by atoms with van der Waals surface area (Å²) in [6.45, 7) is 5.62. The van der Waals surface area contributed by atoms with Crippen LogP contribution in [-0.2, 0) is 4.79 Å². The van der Waals surface area contributed by atoms with Gasteiger partial charge in [-0.15, -0.1) is 0 Å². The number of hydrogen-bond acceptors (Lipinski definition) is 2. The molecule has 4 nitrogen and oxygen atoms in total. The molecule has 0 aliphatic heterocycles. The van der Waals surface area contributed by atoms with Crippen LogP contribution >= 0.6 is 31.9 Å². The Hall–Kier alpha value is -0.880. The van der Waals surface area contributed by atoms with Crippen molar-refractivity contribution in [3.63, 3.8) is 0 Å². The van der Waals surface area contributed by atoms with Crippen molar-refractivity contribution in [2.24, 2.45) is 0 Å². The summed E-state index contributed by atoms with van der Waals surface area (Å²) in [6, 6.07) is 5.23. The van der Waals surface area contributed by atoms with Gasteiger partial charge in [-0.2, -0.15) is 0 Å². The third-order valence-corrected chi connectivity index (χ3v) is 2.96. The normalized spacial score (nSPS) is 11.0. The van der Waals surface area contributed by atoms with Crippen molar-refractivity contribution in [1.82, 2.24) is 10.6 Å². The monoisotopic (exact) mass is 390 g/mol. The summed E-state index contributed by atoms with van der Waals surface area (Å²) in [5, 5.41) is 5.36. The first-order valence-electron chi connectivity index (χ1n) is 5.73. The van der Waals surface area contributed by atoms with Crippen molar-refractivity contribution in [2.75, 3.05) is 6.54 Å². The molecule has 0 atom stereocenters. The zero-order chi connectivity index (χ0) is 14.6. The lowest BCUT2D eigenvalue weighted by Crippen LogP contribution is -2.45. The minimum absolute atomic E-state index is 0.0414. The maximum absolute atomic E-state index is 11.9. The first kappa shape index (κ1) is 16.2. The highest BCUT2D eigenvalue weighted by Crippen LogP contribution is 2.19. The highest BCUT2D eigenvalue weighted by molar-refractivity contribution is 9.11. The van der Waals surface area contributed by atoms with Gasteiger partial charge in [0.25, 0.3) is 5.91 Å². The van der Waals surface area contributed by atoms with E-state index in [0.717, 1.165) is 8.95 Å². The van der Waals surface area contributed by atoms with Crippen molar-refractivity contribution in [2.45, 2.75) is 26.3 Å². The fraction of sp³-hybridized carbons (Fsp3) is 0.385. The van der Waals surface area contributed by atoms with Crippen molar-refractivity contribution < 1.29 is 9.59 Å². The van der Waals surface area contributed by atoms with Crippen molar-refractivity contribution in [1.29, 1.82) is 0 Å². The predicted molar refractivity (Wildman–Crippen MR) is 82.1 cm³/mol. The summed E-state index contributed by atoms with van der Waals surface area (Å²) < 4.78 is 1.59. The zero-order valence-electron chi connectivity index (χ0n) is 11.0. The van der Waals surface area contributed by atoms with Gasteiger partial charge in [0.15, 0.2) is 0 Å². The van der Waals surface area contributed by atoms with E-state index in [1.54, 1.807) is 12.1 Å². The number of carbonyl (C=O) groups is 2. The SMILES string of the molecule is CC(C)(C)NC(=O)CNC(=O)c1cc(Br)cc(Br)c1. The minimum Gasteiger partial charge on any atom is -0.350 e. The lowest BCUT2D eigenvalue weighted by molar-refractivity contribution is -0.121. The van der Waals surface area contributed by atoms with Crippen LogP contribution in [0, 0.1) is 0 Å². The summed E-state index contributed by atoms with van der Waals surface area (Å²) >= 11 is 6.62. The molecule has 0 saturated carbocycles. The maximum atomic E-state index is 11.9. The van der Waals surface area contributed by atoms with Gasteiger partial charge in [0.2, 0.25) is 5.91 Å². The summed E-state index contributed by atoms with van der Waals surface area (Å²) in [5.41, 5.74) is 0.186. The van der Waals surface area contributed by atoms with Gasteiger partial charge < -0.3 is 10.6 Å². The fourth-order valence-electron chi connectivity index (χ4n) is 1.41. The molecule has 0 spiro atoms. The average Bonchev–Trinajstić information content (AvgIpc) is 2.22. The van der Waals surface area contributed by atoms with E-state index in [-0.39, 0.29) is 23.9 Å². The highest BCUT2D eigenvalue weighted by Gasteiger charge is 2.15. The molecule has 0 aromatic heterocycles. The molecular weight excluding hydrogens is 376 g/mol. The van der Waals surface area contributed by atoms with Crippen molar-refractivity contribution in [3.8, 4) is 0 Å². The molecule has 19 heavy (non-hydrogen) atoms. The summed E-state index contributed by atoms with van der Waals surface area (Å²) in [4.78, 5) is 23.5. The number of carbonyl (C=O) groups excluding carboxylic acids is 2. The lowest BCUT2D eigenvalue weighted by atomic mass is 10.1. The van der Waals surface area contributed by atoms with E-state index in [0.29, 0.717) is 5.56 Å². The first-order chi connectivity index (χ1) is 8.67. The average molecular weight is 392 g/mol. The second-order valence-electron chi connectivity index (χ2n) is 5.14. The van der Waals surface area contributed by atoms with Crippen LogP contribution in [0.4, 0.5) is 0 Å². The second-order valence-corrected chi connectivity index (χ2v) is 6.97. The predicted octanol–water partition coefficient (Wildman–Crippen LogP) is 2.86. The van der Waals surface area contributed by atoms with Crippen LogP contribution in [-0.4, -0.2) is 23.9 Å². The molecule has 0 saturated heterocycles. The van der Waals surface area contributed by atoms with E-state index in [4.69, 9.17) is 0 Å². The Morgan fingerprint density at radius 3 is 2.11 bits per heavy atom. The molecule has 1 aromatic carbocycles. The molecule has 0 radical (unpaired) electrons.